The van der Waals surface area contributed by atoms with E-state index in [-0.39, 0.29) is 28.4 Å². The van der Waals surface area contributed by atoms with Crippen molar-refractivity contribution in [2.45, 2.75) is 44.3 Å². The molecule has 9 nitrogen and oxygen atoms in total. The molecule has 3 aliphatic rings. The molecule has 3 rings (SSSR count). The van der Waals surface area contributed by atoms with Crippen molar-refractivity contribution in [2.75, 3.05) is 6.61 Å². The Hall–Kier alpha value is -1.52. The zero-order valence-electron chi connectivity index (χ0n) is 13.2. The van der Waals surface area contributed by atoms with Crippen LogP contribution in [0.1, 0.15) is 26.0 Å². The maximum Gasteiger partial charge on any atom is 0.306 e. The van der Waals surface area contributed by atoms with Crippen LogP contribution in [0.3, 0.4) is 0 Å². The average molecular weight is 391 g/mol. The molecule has 0 unspecified atom stereocenters. The molecule has 3 heterocycles. The average Bonchev–Trinajstić information content (AvgIpc) is 3.09. The van der Waals surface area contributed by atoms with Crippen LogP contribution in [0.25, 0.3) is 11.5 Å². The first kappa shape index (κ1) is 18.3. The number of nitrogens with zero attached hydrogens (tertiary/aromatic N) is 4. The molecule has 4 atom stereocenters. The molecule has 1 fully saturated rings. The second kappa shape index (κ2) is 7.38. The first-order chi connectivity index (χ1) is 12.0. The van der Waals surface area contributed by atoms with Crippen LogP contribution in [0, 0.1) is 0 Å². The van der Waals surface area contributed by atoms with Gasteiger partial charge in [-0.1, -0.05) is 18.5 Å². The summed E-state index contributed by atoms with van der Waals surface area (Å²) in [6, 6.07) is 0. The second-order valence-electron chi connectivity index (χ2n) is 5.55. The highest BCUT2D eigenvalue weighted by molar-refractivity contribution is 6.32. The van der Waals surface area contributed by atoms with E-state index in [1.54, 1.807) is 0 Å². The summed E-state index contributed by atoms with van der Waals surface area (Å²) in [4.78, 5) is 23.8. The molecule has 0 aromatic rings. The largest absolute Gasteiger partial charge is 0.455 e. The third-order valence-electron chi connectivity index (χ3n) is 3.83. The van der Waals surface area contributed by atoms with Crippen LogP contribution in [0.15, 0.2) is 6.33 Å². The smallest absolute Gasteiger partial charge is 0.306 e. The summed E-state index contributed by atoms with van der Waals surface area (Å²) in [6.07, 6.45) is -2.07. The van der Waals surface area contributed by atoms with E-state index >= 15 is 0 Å². The molecular weight excluding hydrogens is 375 g/mol. The molecule has 0 aliphatic carbocycles. The van der Waals surface area contributed by atoms with E-state index in [0.29, 0.717) is 6.42 Å². The van der Waals surface area contributed by atoms with Crippen molar-refractivity contribution < 1.29 is 24.5 Å². The van der Waals surface area contributed by atoms with Crippen molar-refractivity contribution in [3.8, 4) is 11.5 Å². The SMILES string of the molecule is CCCC(=O)O[C@@H]1[C@H](O)[C@@H](CO)O[C@H]1n1cnc2nc(Cl)nc-2c1Cl. The predicted octanol–water partition coefficient (Wildman–Crippen LogP) is 1.05. The number of fused-ring (bicyclic) bond motifs is 1. The number of carbonyl (C=O) groups excluding carboxylic acids is 1. The zero-order valence-corrected chi connectivity index (χ0v) is 14.7. The van der Waals surface area contributed by atoms with Gasteiger partial charge in [-0.15, -0.1) is 0 Å². The maximum atomic E-state index is 11.9. The number of halogens is 2. The number of carbonyl (C=O) groups is 1. The number of aliphatic hydroxyl groups is 2. The fourth-order valence-corrected chi connectivity index (χ4v) is 3.07. The van der Waals surface area contributed by atoms with Crippen LogP contribution in [0.5, 0.6) is 0 Å². The lowest BCUT2D eigenvalue weighted by atomic mass is 10.1. The standard InChI is InChI=1S/C14H16Cl2N4O5/c1-2-3-7(22)25-10-9(23)6(4-21)24-13(10)20-5-17-12-8(11(20)15)18-14(16)19-12/h5-6,9-10,13,21,23H,2-4H2,1H3/t6-,9-,10-,13-/m1/s1. The number of hydrogen-bond acceptors (Lipinski definition) is 8. The fourth-order valence-electron chi connectivity index (χ4n) is 2.64. The van der Waals surface area contributed by atoms with Gasteiger partial charge in [-0.3, -0.25) is 9.36 Å². The van der Waals surface area contributed by atoms with Crippen molar-refractivity contribution in [1.29, 1.82) is 0 Å². The Bertz CT molecular complexity index is 742. The van der Waals surface area contributed by atoms with Gasteiger partial charge in [0, 0.05) is 6.42 Å². The van der Waals surface area contributed by atoms with E-state index in [1.165, 1.54) is 10.9 Å². The zero-order chi connectivity index (χ0) is 18.1. The summed E-state index contributed by atoms with van der Waals surface area (Å²) < 4.78 is 12.3. The quantitative estimate of drug-likeness (QED) is 0.441. The fraction of sp³-hybridized carbons (Fsp3) is 0.571. The van der Waals surface area contributed by atoms with E-state index in [4.69, 9.17) is 32.7 Å². The highest BCUT2D eigenvalue weighted by Gasteiger charge is 2.47. The lowest BCUT2D eigenvalue weighted by Crippen LogP contribution is -2.37. The van der Waals surface area contributed by atoms with E-state index in [2.05, 4.69) is 15.0 Å². The number of aromatic nitrogens is 4. The molecule has 25 heavy (non-hydrogen) atoms. The predicted molar refractivity (Wildman–Crippen MR) is 86.2 cm³/mol. The minimum absolute atomic E-state index is 0.00585. The van der Waals surface area contributed by atoms with Crippen molar-refractivity contribution in [3.05, 3.63) is 16.8 Å². The Labute approximate surface area is 152 Å². The highest BCUT2D eigenvalue weighted by Crippen LogP contribution is 2.36. The van der Waals surface area contributed by atoms with Gasteiger partial charge in [0.15, 0.2) is 18.2 Å². The summed E-state index contributed by atoms with van der Waals surface area (Å²) in [7, 11) is 0. The van der Waals surface area contributed by atoms with Crippen LogP contribution >= 0.6 is 23.2 Å². The molecule has 0 spiro atoms. The van der Waals surface area contributed by atoms with Crippen molar-refractivity contribution in [1.82, 2.24) is 19.5 Å². The number of rotatable bonds is 5. The highest BCUT2D eigenvalue weighted by atomic mass is 35.5. The van der Waals surface area contributed by atoms with Gasteiger partial charge in [0.05, 0.1) is 6.61 Å². The summed E-state index contributed by atoms with van der Waals surface area (Å²) >= 11 is 12.1. The Morgan fingerprint density at radius 1 is 1.44 bits per heavy atom. The molecule has 0 radical (unpaired) electrons. The number of imidazole rings is 1. The lowest BCUT2D eigenvalue weighted by molar-refractivity contribution is -0.158. The lowest BCUT2D eigenvalue weighted by Gasteiger charge is -2.24. The van der Waals surface area contributed by atoms with Crippen molar-refractivity contribution >= 4 is 29.2 Å². The molecule has 0 aromatic carbocycles. The van der Waals surface area contributed by atoms with E-state index in [9.17, 15) is 15.0 Å². The van der Waals surface area contributed by atoms with E-state index in [0.717, 1.165) is 0 Å². The molecule has 0 bridgehead atoms. The molecule has 1 saturated heterocycles. The van der Waals surface area contributed by atoms with Crippen LogP contribution in [0.4, 0.5) is 0 Å². The van der Waals surface area contributed by atoms with E-state index < -0.39 is 37.1 Å². The summed E-state index contributed by atoms with van der Waals surface area (Å²) in [5, 5.41) is 19.8. The molecular formula is C14H16Cl2N4O5. The van der Waals surface area contributed by atoms with Gasteiger partial charge in [-0.2, -0.15) is 4.98 Å². The molecule has 11 heteroatoms. The first-order valence-corrected chi connectivity index (χ1v) is 8.41. The molecule has 0 aromatic heterocycles. The molecule has 3 aliphatic heterocycles. The van der Waals surface area contributed by atoms with E-state index in [1.807, 2.05) is 6.92 Å². The molecule has 2 N–H and O–H groups in total. The Balaban J connectivity index is 1.96. The van der Waals surface area contributed by atoms with Gasteiger partial charge in [0.1, 0.15) is 29.4 Å². The van der Waals surface area contributed by atoms with Gasteiger partial charge in [0.25, 0.3) is 0 Å². The van der Waals surface area contributed by atoms with Crippen molar-refractivity contribution in [3.63, 3.8) is 0 Å². The molecule has 0 amide bonds. The third-order valence-corrected chi connectivity index (χ3v) is 4.37. The van der Waals surface area contributed by atoms with Gasteiger partial charge in [-0.05, 0) is 18.0 Å². The van der Waals surface area contributed by atoms with Gasteiger partial charge < -0.3 is 19.7 Å². The van der Waals surface area contributed by atoms with Gasteiger partial charge >= 0.3 is 5.97 Å². The minimum Gasteiger partial charge on any atom is -0.455 e. The summed E-state index contributed by atoms with van der Waals surface area (Å²) in [6.45, 7) is 1.38. The topological polar surface area (TPSA) is 120 Å². The minimum atomic E-state index is -1.22. The number of aliphatic hydroxyl groups excluding tert-OH is 2. The van der Waals surface area contributed by atoms with Crippen LogP contribution in [-0.2, 0) is 14.3 Å². The monoisotopic (exact) mass is 390 g/mol. The van der Waals surface area contributed by atoms with Crippen LogP contribution < -0.4 is 0 Å². The van der Waals surface area contributed by atoms with Gasteiger partial charge in [0.2, 0.25) is 5.28 Å². The Kier molecular flexibility index (Phi) is 5.40. The summed E-state index contributed by atoms with van der Waals surface area (Å²) in [5.74, 6) is -0.233. The van der Waals surface area contributed by atoms with Crippen molar-refractivity contribution in [2.24, 2.45) is 0 Å². The summed E-state index contributed by atoms with van der Waals surface area (Å²) in [5.41, 5.74) is 0.248. The van der Waals surface area contributed by atoms with Gasteiger partial charge in [-0.25, -0.2) is 9.97 Å². The number of ether oxygens (including phenoxy) is 2. The Morgan fingerprint density at radius 3 is 2.88 bits per heavy atom. The maximum absolute atomic E-state index is 11.9. The molecule has 136 valence electrons. The number of hydrogen-bond donors (Lipinski definition) is 2. The first-order valence-electron chi connectivity index (χ1n) is 7.65. The van der Waals surface area contributed by atoms with Crippen LogP contribution in [0.2, 0.25) is 10.4 Å². The Morgan fingerprint density at radius 2 is 2.20 bits per heavy atom. The third kappa shape index (κ3) is 3.42. The second-order valence-corrected chi connectivity index (χ2v) is 6.25. The normalized spacial score (nSPS) is 26.3. The number of esters is 1. The van der Waals surface area contributed by atoms with Crippen LogP contribution in [-0.4, -0.2) is 60.6 Å². The molecule has 0 saturated carbocycles.